The summed E-state index contributed by atoms with van der Waals surface area (Å²) in [6.07, 6.45) is 4.33. The largest absolute Gasteiger partial charge is 0.478 e. The van der Waals surface area contributed by atoms with Gasteiger partial charge in [0, 0.05) is 11.4 Å². The van der Waals surface area contributed by atoms with Crippen LogP contribution in [0.15, 0.2) is 45.9 Å². The minimum atomic E-state index is -1.01. The normalized spacial score (nSPS) is 10.5. The first-order valence-corrected chi connectivity index (χ1v) is 9.80. The minimum Gasteiger partial charge on any atom is -0.478 e. The summed E-state index contributed by atoms with van der Waals surface area (Å²) in [5, 5.41) is 12.0. The van der Waals surface area contributed by atoms with Gasteiger partial charge >= 0.3 is 5.97 Å². The lowest BCUT2D eigenvalue weighted by molar-refractivity contribution is 0.0694. The molecule has 0 atom stereocenters. The molecule has 2 N–H and O–H groups in total. The molecule has 0 fully saturated rings. The van der Waals surface area contributed by atoms with Crippen LogP contribution >= 0.6 is 23.5 Å². The molecule has 1 amide bonds. The van der Waals surface area contributed by atoms with Crippen molar-refractivity contribution < 1.29 is 19.1 Å². The van der Waals surface area contributed by atoms with Crippen molar-refractivity contribution in [2.75, 3.05) is 18.6 Å². The first-order chi connectivity index (χ1) is 11.6. The quantitative estimate of drug-likeness (QED) is 0.520. The highest BCUT2D eigenvalue weighted by atomic mass is 32.2. The molecule has 5 nitrogen and oxygen atoms in total. The number of hydrogen-bond acceptors (Lipinski definition) is 5. The second-order valence-electron chi connectivity index (χ2n) is 4.95. The van der Waals surface area contributed by atoms with Gasteiger partial charge in [0.1, 0.15) is 11.3 Å². The number of rotatable bonds is 9. The fourth-order valence-electron chi connectivity index (χ4n) is 2.08. The Balaban J connectivity index is 2.02. The molecule has 0 spiro atoms. The number of aromatic carboxylic acids is 1. The van der Waals surface area contributed by atoms with Crippen LogP contribution < -0.4 is 5.32 Å². The van der Waals surface area contributed by atoms with Crippen LogP contribution in [0.5, 0.6) is 0 Å². The van der Waals surface area contributed by atoms with Crippen molar-refractivity contribution in [2.45, 2.75) is 17.1 Å². The number of nitrogens with one attached hydrogen (secondary N) is 1. The minimum absolute atomic E-state index is 0.114. The number of thioether (sulfide) groups is 2. The molecule has 0 unspecified atom stereocenters. The van der Waals surface area contributed by atoms with Crippen molar-refractivity contribution in [3.63, 3.8) is 0 Å². The van der Waals surface area contributed by atoms with E-state index in [0.717, 1.165) is 17.1 Å². The monoisotopic (exact) mass is 365 g/mol. The highest BCUT2D eigenvalue weighted by Crippen LogP contribution is 2.28. The Bertz CT molecular complexity index is 699. The first kappa shape index (κ1) is 18.5. The predicted molar refractivity (Wildman–Crippen MR) is 97.0 cm³/mol. The zero-order valence-electron chi connectivity index (χ0n) is 13.3. The van der Waals surface area contributed by atoms with E-state index >= 15 is 0 Å². The lowest BCUT2D eigenvalue weighted by Gasteiger charge is -2.09. The lowest BCUT2D eigenvalue weighted by atomic mass is 10.2. The van der Waals surface area contributed by atoms with Gasteiger partial charge in [-0.3, -0.25) is 4.79 Å². The van der Waals surface area contributed by atoms with Crippen LogP contribution in [0.2, 0.25) is 0 Å². The molecule has 128 valence electrons. The van der Waals surface area contributed by atoms with Gasteiger partial charge < -0.3 is 14.8 Å². The smallest absolute Gasteiger partial charge is 0.339 e. The Kier molecular flexibility index (Phi) is 7.27. The molecule has 2 rings (SSSR count). The Hall–Kier alpha value is -1.86. The first-order valence-electron chi connectivity index (χ1n) is 7.42. The summed E-state index contributed by atoms with van der Waals surface area (Å²) in [4.78, 5) is 24.2. The van der Waals surface area contributed by atoms with E-state index in [4.69, 9.17) is 9.52 Å². The zero-order chi connectivity index (χ0) is 17.4. The van der Waals surface area contributed by atoms with Crippen LogP contribution in [0.25, 0.3) is 0 Å². The van der Waals surface area contributed by atoms with Crippen molar-refractivity contribution in [3.8, 4) is 0 Å². The van der Waals surface area contributed by atoms with Crippen molar-refractivity contribution in [1.29, 1.82) is 0 Å². The van der Waals surface area contributed by atoms with E-state index in [1.54, 1.807) is 17.8 Å². The van der Waals surface area contributed by atoms with Gasteiger partial charge in [0.2, 0.25) is 0 Å². The maximum absolute atomic E-state index is 12.3. The van der Waals surface area contributed by atoms with Gasteiger partial charge in [0.15, 0.2) is 0 Å². The molecular weight excluding hydrogens is 346 g/mol. The summed E-state index contributed by atoms with van der Waals surface area (Å²) in [5.74, 6) is 0.623. The number of carboxylic acid groups (broad SMARTS) is 1. The van der Waals surface area contributed by atoms with Gasteiger partial charge in [-0.15, -0.1) is 11.8 Å². The molecule has 0 radical (unpaired) electrons. The van der Waals surface area contributed by atoms with Crippen molar-refractivity contribution in [2.24, 2.45) is 0 Å². The van der Waals surface area contributed by atoms with E-state index in [1.165, 1.54) is 24.1 Å². The molecule has 0 saturated heterocycles. The van der Waals surface area contributed by atoms with Crippen molar-refractivity contribution in [3.05, 3.63) is 53.5 Å². The number of furan rings is 1. The lowest BCUT2D eigenvalue weighted by Crippen LogP contribution is -2.25. The van der Waals surface area contributed by atoms with E-state index in [9.17, 15) is 9.59 Å². The average Bonchev–Trinajstić information content (AvgIpc) is 3.06. The standard InChI is InChI=1S/C17H19NO4S2/c1-23-10-4-8-18-16(19)13-5-2-3-6-15(13)24-11-14-12(17(20)21)7-9-22-14/h2-3,5-7,9H,4,8,10-11H2,1H3,(H,18,19)(H,20,21). The summed E-state index contributed by atoms with van der Waals surface area (Å²) in [5.41, 5.74) is 0.747. The third-order valence-electron chi connectivity index (χ3n) is 3.28. The maximum Gasteiger partial charge on any atom is 0.339 e. The van der Waals surface area contributed by atoms with Crippen molar-refractivity contribution >= 4 is 35.4 Å². The molecule has 2 aromatic rings. The Labute approximate surface area is 149 Å². The van der Waals surface area contributed by atoms with Crippen molar-refractivity contribution in [1.82, 2.24) is 5.32 Å². The second kappa shape index (κ2) is 9.44. The number of hydrogen-bond donors (Lipinski definition) is 2. The van der Waals surface area contributed by atoms with E-state index in [-0.39, 0.29) is 11.5 Å². The zero-order valence-corrected chi connectivity index (χ0v) is 14.9. The molecule has 0 aliphatic carbocycles. The van der Waals surface area contributed by atoms with Crippen LogP contribution in [0.3, 0.4) is 0 Å². The molecular formula is C17H19NO4S2. The summed E-state index contributed by atoms with van der Waals surface area (Å²) in [6, 6.07) is 8.73. The molecule has 0 aliphatic heterocycles. The summed E-state index contributed by atoms with van der Waals surface area (Å²) in [7, 11) is 0. The van der Waals surface area contributed by atoms with Gasteiger partial charge in [0.05, 0.1) is 17.6 Å². The predicted octanol–water partition coefficient (Wildman–Crippen LogP) is 3.75. The van der Waals surface area contributed by atoms with E-state index in [1.807, 2.05) is 24.5 Å². The third-order valence-corrected chi connectivity index (χ3v) is 5.05. The summed E-state index contributed by atoms with van der Waals surface area (Å²) >= 11 is 3.14. The number of benzene rings is 1. The van der Waals surface area contributed by atoms with E-state index < -0.39 is 5.97 Å². The highest BCUT2D eigenvalue weighted by Gasteiger charge is 2.16. The maximum atomic E-state index is 12.3. The molecule has 24 heavy (non-hydrogen) atoms. The number of carbonyl (C=O) groups excluding carboxylic acids is 1. The SMILES string of the molecule is CSCCCNC(=O)c1ccccc1SCc1occc1C(=O)O. The van der Waals surface area contributed by atoms with E-state index in [0.29, 0.717) is 23.6 Å². The Morgan fingerprint density at radius 3 is 2.75 bits per heavy atom. The van der Waals surface area contributed by atoms with Crippen LogP contribution in [0.4, 0.5) is 0 Å². The molecule has 0 bridgehead atoms. The number of carboxylic acids is 1. The average molecular weight is 365 g/mol. The van der Waals surface area contributed by atoms with Crippen LogP contribution in [0, 0.1) is 0 Å². The fourth-order valence-corrected chi connectivity index (χ4v) is 3.51. The number of carbonyl (C=O) groups is 2. The summed E-state index contributed by atoms with van der Waals surface area (Å²) < 4.78 is 5.24. The van der Waals surface area contributed by atoms with Gasteiger partial charge in [0.25, 0.3) is 5.91 Å². The third kappa shape index (κ3) is 5.07. The highest BCUT2D eigenvalue weighted by molar-refractivity contribution is 7.98. The molecule has 1 aromatic heterocycles. The topological polar surface area (TPSA) is 79.5 Å². The van der Waals surface area contributed by atoms with Gasteiger partial charge in [-0.2, -0.15) is 11.8 Å². The molecule has 1 aromatic carbocycles. The Morgan fingerprint density at radius 1 is 1.21 bits per heavy atom. The fraction of sp³-hybridized carbons (Fsp3) is 0.294. The van der Waals surface area contributed by atoms with Gasteiger partial charge in [-0.1, -0.05) is 12.1 Å². The van der Waals surface area contributed by atoms with Gasteiger partial charge in [-0.25, -0.2) is 4.79 Å². The molecule has 7 heteroatoms. The molecule has 0 saturated carbocycles. The molecule has 1 heterocycles. The van der Waals surface area contributed by atoms with Gasteiger partial charge in [-0.05, 0) is 36.6 Å². The van der Waals surface area contributed by atoms with Crippen LogP contribution in [-0.2, 0) is 5.75 Å². The van der Waals surface area contributed by atoms with Crippen LogP contribution in [-0.4, -0.2) is 35.5 Å². The van der Waals surface area contributed by atoms with Crippen LogP contribution in [0.1, 0.15) is 32.9 Å². The second-order valence-corrected chi connectivity index (χ2v) is 6.95. The van der Waals surface area contributed by atoms with E-state index in [2.05, 4.69) is 5.32 Å². The Morgan fingerprint density at radius 2 is 2.00 bits per heavy atom. The molecule has 0 aliphatic rings. The summed E-state index contributed by atoms with van der Waals surface area (Å²) in [6.45, 7) is 0.639. The number of amides is 1.